The number of rotatable bonds is 4. The molecule has 1 aliphatic carbocycles. The fraction of sp³-hybridized carbons (Fsp3) is 0.684. The van der Waals surface area contributed by atoms with Crippen LogP contribution in [0.2, 0.25) is 0 Å². The van der Waals surface area contributed by atoms with Gasteiger partial charge in [-0.3, -0.25) is 0 Å². The topological polar surface area (TPSA) is 15.3 Å². The maximum absolute atomic E-state index is 3.80. The lowest BCUT2D eigenvalue weighted by Gasteiger charge is -2.36. The Morgan fingerprint density at radius 3 is 2.86 bits per heavy atom. The molecular weight excluding hydrogens is 256 g/mol. The summed E-state index contributed by atoms with van der Waals surface area (Å²) in [7, 11) is 0. The van der Waals surface area contributed by atoms with Crippen molar-refractivity contribution in [3.05, 3.63) is 29.8 Å². The first-order valence-electron chi connectivity index (χ1n) is 8.78. The first-order valence-corrected chi connectivity index (χ1v) is 8.78. The lowest BCUT2D eigenvalue weighted by Crippen LogP contribution is -2.42. The first-order chi connectivity index (χ1) is 10.2. The van der Waals surface area contributed by atoms with E-state index in [1.807, 2.05) is 0 Å². The minimum atomic E-state index is 0.756. The third-order valence-corrected chi connectivity index (χ3v) is 5.18. The van der Waals surface area contributed by atoms with Crippen LogP contribution >= 0.6 is 0 Å². The van der Waals surface area contributed by atoms with Gasteiger partial charge in [0.15, 0.2) is 0 Å². The number of nitrogens with one attached hydrogen (secondary N) is 1. The Hall–Kier alpha value is -1.02. The van der Waals surface area contributed by atoms with Crippen LogP contribution < -0.4 is 10.2 Å². The van der Waals surface area contributed by atoms with Gasteiger partial charge in [-0.25, -0.2) is 0 Å². The Morgan fingerprint density at radius 1 is 1.14 bits per heavy atom. The Bertz CT molecular complexity index is 457. The van der Waals surface area contributed by atoms with E-state index < -0.39 is 0 Å². The first kappa shape index (κ1) is 14.9. The third-order valence-electron chi connectivity index (χ3n) is 5.18. The number of para-hydroxylation sites is 1. The van der Waals surface area contributed by atoms with Gasteiger partial charge in [0.25, 0.3) is 0 Å². The van der Waals surface area contributed by atoms with Gasteiger partial charge in [-0.2, -0.15) is 0 Å². The summed E-state index contributed by atoms with van der Waals surface area (Å²) in [6.45, 7) is 8.25. The zero-order valence-electron chi connectivity index (χ0n) is 13.6. The van der Waals surface area contributed by atoms with Crippen molar-refractivity contribution >= 4 is 5.69 Å². The van der Waals surface area contributed by atoms with Gasteiger partial charge in [0, 0.05) is 31.4 Å². The van der Waals surface area contributed by atoms with Crippen LogP contribution in [0.5, 0.6) is 0 Å². The van der Waals surface area contributed by atoms with Gasteiger partial charge in [0.2, 0.25) is 0 Å². The predicted octanol–water partition coefficient (Wildman–Crippen LogP) is 3.85. The van der Waals surface area contributed by atoms with Gasteiger partial charge in [0.1, 0.15) is 0 Å². The standard InChI is InChI=1S/C19H30N2/c1-15-6-5-8-18(13-15)20-10-11-21-14-16(2)12-17-7-3-4-9-19(17)21/h3-4,7,9,15-16,18,20H,5-6,8,10-14H2,1-2H3. The van der Waals surface area contributed by atoms with E-state index in [2.05, 4.69) is 48.3 Å². The maximum Gasteiger partial charge on any atom is 0.0399 e. The molecule has 1 fully saturated rings. The molecule has 1 saturated carbocycles. The summed E-state index contributed by atoms with van der Waals surface area (Å²) < 4.78 is 0. The average molecular weight is 286 g/mol. The van der Waals surface area contributed by atoms with Gasteiger partial charge >= 0.3 is 0 Å². The van der Waals surface area contributed by atoms with Gasteiger partial charge in [0.05, 0.1) is 0 Å². The highest BCUT2D eigenvalue weighted by atomic mass is 15.2. The lowest BCUT2D eigenvalue weighted by molar-refractivity contribution is 0.303. The molecule has 0 bridgehead atoms. The number of benzene rings is 1. The van der Waals surface area contributed by atoms with Crippen LogP contribution in [0.25, 0.3) is 0 Å². The molecule has 1 heterocycles. The van der Waals surface area contributed by atoms with Crippen molar-refractivity contribution in [3.63, 3.8) is 0 Å². The smallest absolute Gasteiger partial charge is 0.0399 e. The van der Waals surface area contributed by atoms with Crippen molar-refractivity contribution in [2.24, 2.45) is 11.8 Å². The van der Waals surface area contributed by atoms with Crippen LogP contribution in [-0.4, -0.2) is 25.7 Å². The van der Waals surface area contributed by atoms with E-state index in [9.17, 15) is 0 Å². The van der Waals surface area contributed by atoms with Crippen LogP contribution in [0, 0.1) is 11.8 Å². The highest BCUT2D eigenvalue weighted by molar-refractivity contribution is 5.55. The average Bonchev–Trinajstić information content (AvgIpc) is 2.47. The summed E-state index contributed by atoms with van der Waals surface area (Å²) in [5.74, 6) is 1.68. The minimum absolute atomic E-state index is 0.756. The van der Waals surface area contributed by atoms with Gasteiger partial charge in [-0.05, 0) is 42.7 Å². The van der Waals surface area contributed by atoms with Gasteiger partial charge < -0.3 is 10.2 Å². The normalized spacial score (nSPS) is 29.2. The Kier molecular flexibility index (Phi) is 4.84. The molecule has 2 nitrogen and oxygen atoms in total. The van der Waals surface area contributed by atoms with Crippen molar-refractivity contribution in [1.29, 1.82) is 0 Å². The summed E-state index contributed by atoms with van der Waals surface area (Å²) in [6, 6.07) is 9.71. The van der Waals surface area contributed by atoms with Crippen LogP contribution in [0.4, 0.5) is 5.69 Å². The molecule has 0 spiro atoms. The van der Waals surface area contributed by atoms with E-state index >= 15 is 0 Å². The van der Waals surface area contributed by atoms with Crippen molar-refractivity contribution in [3.8, 4) is 0 Å². The Morgan fingerprint density at radius 2 is 2.00 bits per heavy atom. The molecule has 3 atom stereocenters. The number of hydrogen-bond acceptors (Lipinski definition) is 2. The van der Waals surface area contributed by atoms with E-state index in [0.29, 0.717) is 0 Å². The third kappa shape index (κ3) is 3.79. The number of fused-ring (bicyclic) bond motifs is 1. The van der Waals surface area contributed by atoms with Gasteiger partial charge in [-0.1, -0.05) is 44.9 Å². The number of anilines is 1. The number of hydrogen-bond donors (Lipinski definition) is 1. The van der Waals surface area contributed by atoms with E-state index in [-0.39, 0.29) is 0 Å². The van der Waals surface area contributed by atoms with Crippen molar-refractivity contribution in [1.82, 2.24) is 5.32 Å². The molecule has 1 aliphatic heterocycles. The minimum Gasteiger partial charge on any atom is -0.370 e. The predicted molar refractivity (Wildman–Crippen MR) is 90.9 cm³/mol. The second kappa shape index (κ2) is 6.83. The largest absolute Gasteiger partial charge is 0.370 e. The summed E-state index contributed by atoms with van der Waals surface area (Å²) in [6.07, 6.45) is 6.81. The Balaban J connectivity index is 1.53. The monoisotopic (exact) mass is 286 g/mol. The molecule has 1 aromatic carbocycles. The van der Waals surface area contributed by atoms with Gasteiger partial charge in [-0.15, -0.1) is 0 Å². The Labute approximate surface area is 129 Å². The molecule has 3 rings (SSSR count). The van der Waals surface area contributed by atoms with E-state index in [1.54, 1.807) is 0 Å². The van der Waals surface area contributed by atoms with E-state index in [1.165, 1.54) is 49.9 Å². The van der Waals surface area contributed by atoms with Crippen LogP contribution in [0.15, 0.2) is 24.3 Å². The molecule has 1 aromatic rings. The van der Waals surface area contributed by atoms with E-state index in [0.717, 1.165) is 31.0 Å². The molecule has 3 unspecified atom stereocenters. The molecule has 2 aliphatic rings. The summed E-state index contributed by atoms with van der Waals surface area (Å²) >= 11 is 0. The summed E-state index contributed by atoms with van der Waals surface area (Å²) in [5, 5.41) is 3.80. The van der Waals surface area contributed by atoms with Crippen LogP contribution in [0.1, 0.15) is 45.1 Å². The molecule has 21 heavy (non-hydrogen) atoms. The second-order valence-electron chi connectivity index (χ2n) is 7.31. The molecule has 116 valence electrons. The van der Waals surface area contributed by atoms with Crippen molar-refractivity contribution in [2.75, 3.05) is 24.5 Å². The molecule has 0 aromatic heterocycles. The molecule has 1 N–H and O–H groups in total. The van der Waals surface area contributed by atoms with Crippen molar-refractivity contribution < 1.29 is 0 Å². The SMILES string of the molecule is CC1CCCC(NCCN2CC(C)Cc3ccccc32)C1. The zero-order chi connectivity index (χ0) is 14.7. The summed E-state index contributed by atoms with van der Waals surface area (Å²) in [5.41, 5.74) is 3.00. The number of nitrogens with zero attached hydrogens (tertiary/aromatic N) is 1. The highest BCUT2D eigenvalue weighted by Crippen LogP contribution is 2.29. The fourth-order valence-corrected chi connectivity index (χ4v) is 4.14. The molecular formula is C19H30N2. The maximum atomic E-state index is 3.80. The summed E-state index contributed by atoms with van der Waals surface area (Å²) in [4.78, 5) is 2.59. The molecule has 2 heteroatoms. The van der Waals surface area contributed by atoms with E-state index in [4.69, 9.17) is 0 Å². The second-order valence-corrected chi connectivity index (χ2v) is 7.31. The van der Waals surface area contributed by atoms with Crippen molar-refractivity contribution in [2.45, 2.75) is 52.0 Å². The fourth-order valence-electron chi connectivity index (χ4n) is 4.14. The zero-order valence-corrected chi connectivity index (χ0v) is 13.6. The van der Waals surface area contributed by atoms with Crippen LogP contribution in [-0.2, 0) is 6.42 Å². The lowest BCUT2D eigenvalue weighted by atomic mass is 9.87. The molecule has 0 radical (unpaired) electrons. The quantitative estimate of drug-likeness (QED) is 0.904. The highest BCUT2D eigenvalue weighted by Gasteiger charge is 2.22. The van der Waals surface area contributed by atoms with Crippen LogP contribution in [0.3, 0.4) is 0 Å². The molecule has 0 amide bonds. The molecule has 0 saturated heterocycles.